The fraction of sp³-hybridized carbons (Fsp3) is 0.556. The third-order valence-corrected chi connectivity index (χ3v) is 4.10. The Morgan fingerprint density at radius 2 is 1.79 bits per heavy atom. The maximum absolute atomic E-state index is 12.3. The molecule has 1 heterocycles. The smallest absolute Gasteiger partial charge is 0.322 e. The fourth-order valence-corrected chi connectivity index (χ4v) is 2.66. The van der Waals surface area contributed by atoms with E-state index in [1.807, 2.05) is 27.7 Å². The first-order valence-corrected chi connectivity index (χ1v) is 8.51. The molecule has 6 heteroatoms. The molecule has 1 aromatic rings. The Balaban J connectivity index is 1.93. The summed E-state index contributed by atoms with van der Waals surface area (Å²) in [4.78, 5) is 26.1. The van der Waals surface area contributed by atoms with Crippen molar-refractivity contribution in [1.29, 1.82) is 0 Å². The first kappa shape index (κ1) is 18.3. The molecular formula is C18H27N3O3. The highest BCUT2D eigenvalue weighted by Crippen LogP contribution is 2.14. The number of urea groups is 1. The van der Waals surface area contributed by atoms with Crippen molar-refractivity contribution in [2.75, 3.05) is 18.4 Å². The van der Waals surface area contributed by atoms with Crippen molar-refractivity contribution in [3.05, 3.63) is 29.8 Å². The summed E-state index contributed by atoms with van der Waals surface area (Å²) in [5.74, 6) is -0.0990. The number of amides is 3. The Hall–Kier alpha value is -2.08. The van der Waals surface area contributed by atoms with Crippen molar-refractivity contribution in [2.45, 2.75) is 52.4 Å². The highest BCUT2D eigenvalue weighted by atomic mass is 16.5. The lowest BCUT2D eigenvalue weighted by Crippen LogP contribution is -2.49. The van der Waals surface area contributed by atoms with Crippen molar-refractivity contribution in [3.8, 4) is 0 Å². The van der Waals surface area contributed by atoms with Crippen molar-refractivity contribution in [3.63, 3.8) is 0 Å². The van der Waals surface area contributed by atoms with Crippen LogP contribution in [0.2, 0.25) is 0 Å². The van der Waals surface area contributed by atoms with Crippen LogP contribution in [0.4, 0.5) is 10.5 Å². The van der Waals surface area contributed by atoms with Crippen molar-refractivity contribution < 1.29 is 14.3 Å². The molecule has 0 bridgehead atoms. The molecule has 3 atom stereocenters. The number of hydrogen-bond donors (Lipinski definition) is 2. The molecule has 0 saturated carbocycles. The quantitative estimate of drug-likeness (QED) is 0.890. The normalized spacial score (nSPS) is 21.9. The fourth-order valence-electron chi connectivity index (χ4n) is 2.66. The van der Waals surface area contributed by atoms with E-state index in [0.717, 1.165) is 6.42 Å². The van der Waals surface area contributed by atoms with Crippen molar-refractivity contribution in [1.82, 2.24) is 10.2 Å². The maximum Gasteiger partial charge on any atom is 0.322 e. The largest absolute Gasteiger partial charge is 0.372 e. The van der Waals surface area contributed by atoms with E-state index in [0.29, 0.717) is 24.3 Å². The average Bonchev–Trinajstić information content (AvgIpc) is 2.54. The molecule has 1 aliphatic heterocycles. The minimum absolute atomic E-state index is 0.0335. The van der Waals surface area contributed by atoms with E-state index in [2.05, 4.69) is 10.6 Å². The Morgan fingerprint density at radius 1 is 1.21 bits per heavy atom. The molecule has 132 valence electrons. The van der Waals surface area contributed by atoms with Gasteiger partial charge in [-0.2, -0.15) is 0 Å². The third kappa shape index (κ3) is 4.96. The van der Waals surface area contributed by atoms with Gasteiger partial charge in [0, 0.05) is 30.4 Å². The van der Waals surface area contributed by atoms with E-state index in [4.69, 9.17) is 4.74 Å². The third-order valence-electron chi connectivity index (χ3n) is 4.10. The van der Waals surface area contributed by atoms with Gasteiger partial charge in [-0.3, -0.25) is 4.79 Å². The van der Waals surface area contributed by atoms with Gasteiger partial charge in [0.1, 0.15) is 0 Å². The van der Waals surface area contributed by atoms with E-state index in [1.165, 1.54) is 0 Å². The minimum Gasteiger partial charge on any atom is -0.372 e. The molecular weight excluding hydrogens is 306 g/mol. The van der Waals surface area contributed by atoms with Crippen LogP contribution in [0.15, 0.2) is 24.3 Å². The molecule has 3 amide bonds. The van der Waals surface area contributed by atoms with E-state index in [9.17, 15) is 9.59 Å². The van der Waals surface area contributed by atoms with Crippen molar-refractivity contribution in [2.24, 2.45) is 0 Å². The second-order valence-electron chi connectivity index (χ2n) is 6.45. The Kier molecular flexibility index (Phi) is 6.20. The lowest BCUT2D eigenvalue weighted by molar-refractivity contribution is -0.0530. The molecule has 24 heavy (non-hydrogen) atoms. The SMILES string of the molecule is CC[C@H](C)NC(=O)c1ccc(NC(=O)N2C[C@@H](C)O[C@@H](C)C2)cc1. The van der Waals surface area contributed by atoms with Gasteiger partial charge in [-0.25, -0.2) is 4.79 Å². The summed E-state index contributed by atoms with van der Waals surface area (Å²) in [7, 11) is 0. The summed E-state index contributed by atoms with van der Waals surface area (Å²) in [5.41, 5.74) is 1.26. The number of carbonyl (C=O) groups excluding carboxylic acids is 2. The van der Waals surface area contributed by atoms with Gasteiger partial charge < -0.3 is 20.3 Å². The summed E-state index contributed by atoms with van der Waals surface area (Å²) in [6.07, 6.45) is 0.952. The molecule has 1 aliphatic rings. The van der Waals surface area contributed by atoms with E-state index in [1.54, 1.807) is 29.2 Å². The molecule has 1 aromatic carbocycles. The first-order chi connectivity index (χ1) is 11.4. The number of anilines is 1. The van der Waals surface area contributed by atoms with Gasteiger partial charge in [-0.1, -0.05) is 6.92 Å². The maximum atomic E-state index is 12.3. The van der Waals surface area contributed by atoms with Crippen LogP contribution in [0.1, 0.15) is 44.5 Å². The number of nitrogens with zero attached hydrogens (tertiary/aromatic N) is 1. The summed E-state index contributed by atoms with van der Waals surface area (Å²) in [6, 6.07) is 6.93. The number of morpholine rings is 1. The zero-order valence-electron chi connectivity index (χ0n) is 14.8. The van der Waals surface area contributed by atoms with Crippen LogP contribution < -0.4 is 10.6 Å². The van der Waals surface area contributed by atoms with Crippen molar-refractivity contribution >= 4 is 17.6 Å². The van der Waals surface area contributed by atoms with E-state index >= 15 is 0 Å². The van der Waals surface area contributed by atoms with Gasteiger partial charge in [-0.05, 0) is 51.5 Å². The van der Waals surface area contributed by atoms with Crippen LogP contribution in [0.3, 0.4) is 0 Å². The first-order valence-electron chi connectivity index (χ1n) is 8.51. The Bertz CT molecular complexity index is 563. The molecule has 0 aromatic heterocycles. The molecule has 2 rings (SSSR count). The molecule has 1 fully saturated rings. The topological polar surface area (TPSA) is 70.7 Å². The second-order valence-corrected chi connectivity index (χ2v) is 6.45. The zero-order valence-corrected chi connectivity index (χ0v) is 14.8. The Labute approximate surface area is 143 Å². The van der Waals surface area contributed by atoms with Gasteiger partial charge in [0.25, 0.3) is 5.91 Å². The highest BCUT2D eigenvalue weighted by molar-refractivity contribution is 5.95. The number of ether oxygens (including phenoxy) is 1. The summed E-state index contributed by atoms with van der Waals surface area (Å²) in [6.45, 7) is 9.06. The lowest BCUT2D eigenvalue weighted by atomic mass is 10.1. The molecule has 0 aliphatic carbocycles. The number of benzene rings is 1. The van der Waals surface area contributed by atoms with Gasteiger partial charge in [0.2, 0.25) is 0 Å². The summed E-state index contributed by atoms with van der Waals surface area (Å²) >= 11 is 0. The van der Waals surface area contributed by atoms with Gasteiger partial charge >= 0.3 is 6.03 Å². The highest BCUT2D eigenvalue weighted by Gasteiger charge is 2.25. The molecule has 6 nitrogen and oxygen atoms in total. The standard InChI is InChI=1S/C18H27N3O3/c1-5-12(2)19-17(22)15-6-8-16(9-7-15)20-18(23)21-10-13(3)24-14(4)11-21/h6-9,12-14H,5,10-11H2,1-4H3,(H,19,22)(H,20,23)/t12-,13-,14+/m0/s1. The minimum atomic E-state index is -0.145. The number of hydrogen-bond acceptors (Lipinski definition) is 3. The Morgan fingerprint density at radius 3 is 2.33 bits per heavy atom. The van der Waals surface area contributed by atoms with Gasteiger partial charge in [0.05, 0.1) is 12.2 Å². The molecule has 0 unspecified atom stereocenters. The van der Waals surface area contributed by atoms with Crippen LogP contribution >= 0.6 is 0 Å². The van der Waals surface area contributed by atoms with Gasteiger partial charge in [-0.15, -0.1) is 0 Å². The number of nitrogens with one attached hydrogen (secondary N) is 2. The summed E-state index contributed by atoms with van der Waals surface area (Å²) in [5, 5.41) is 5.79. The predicted octanol–water partition coefficient (Wildman–Crippen LogP) is 2.86. The molecule has 1 saturated heterocycles. The second kappa shape index (κ2) is 8.15. The summed E-state index contributed by atoms with van der Waals surface area (Å²) < 4.78 is 5.63. The van der Waals surface area contributed by atoms with E-state index < -0.39 is 0 Å². The monoisotopic (exact) mass is 333 g/mol. The zero-order chi connectivity index (χ0) is 17.7. The van der Waals surface area contributed by atoms with Gasteiger partial charge in [0.15, 0.2) is 0 Å². The van der Waals surface area contributed by atoms with Crippen LogP contribution in [-0.2, 0) is 4.74 Å². The molecule has 0 radical (unpaired) electrons. The van der Waals surface area contributed by atoms with Crippen LogP contribution in [0, 0.1) is 0 Å². The number of carbonyl (C=O) groups is 2. The molecule has 0 spiro atoms. The van der Waals surface area contributed by atoms with Crippen LogP contribution in [0.5, 0.6) is 0 Å². The van der Waals surface area contributed by atoms with Crippen LogP contribution in [0.25, 0.3) is 0 Å². The van der Waals surface area contributed by atoms with E-state index in [-0.39, 0.29) is 30.2 Å². The lowest BCUT2D eigenvalue weighted by Gasteiger charge is -2.35. The average molecular weight is 333 g/mol. The van der Waals surface area contributed by atoms with Crippen LogP contribution in [-0.4, -0.2) is 48.2 Å². The number of rotatable bonds is 4. The predicted molar refractivity (Wildman–Crippen MR) is 94.3 cm³/mol. The molecule has 2 N–H and O–H groups in total.